The highest BCUT2D eigenvalue weighted by Gasteiger charge is 2.38. The largest absolute Gasteiger partial charge is 0.507 e. The van der Waals surface area contributed by atoms with Crippen LogP contribution in [0.3, 0.4) is 0 Å². The third kappa shape index (κ3) is 10.4. The number of hydrogen-bond acceptors (Lipinski definition) is 6. The first kappa shape index (κ1) is 27.2. The molecule has 1 amide bonds. The molecule has 0 saturated heterocycles. The number of halogens is 3. The number of nitrogens with one attached hydrogen (secondary N) is 1. The first-order valence-electron chi connectivity index (χ1n) is 8.95. The van der Waals surface area contributed by atoms with Crippen LogP contribution in [-0.2, 0) is 9.59 Å². The van der Waals surface area contributed by atoms with Gasteiger partial charge in [0.1, 0.15) is 5.75 Å². The van der Waals surface area contributed by atoms with Gasteiger partial charge in [0.2, 0.25) is 0 Å². The van der Waals surface area contributed by atoms with E-state index in [0.717, 1.165) is 5.56 Å². The van der Waals surface area contributed by atoms with E-state index in [0.29, 0.717) is 29.2 Å². The summed E-state index contributed by atoms with van der Waals surface area (Å²) >= 11 is 0. The van der Waals surface area contributed by atoms with Gasteiger partial charge in [0, 0.05) is 29.2 Å². The van der Waals surface area contributed by atoms with E-state index in [4.69, 9.17) is 15.0 Å². The van der Waals surface area contributed by atoms with Crippen molar-refractivity contribution in [3.8, 4) is 16.9 Å². The van der Waals surface area contributed by atoms with E-state index >= 15 is 0 Å². The van der Waals surface area contributed by atoms with Gasteiger partial charge < -0.3 is 20.6 Å². The minimum Gasteiger partial charge on any atom is -0.507 e. The molecular weight excluding hydrogens is 471 g/mol. The fourth-order valence-electron chi connectivity index (χ4n) is 2.08. The van der Waals surface area contributed by atoms with Crippen LogP contribution in [-0.4, -0.2) is 57.4 Å². The Bertz CT molecular complexity index is 910. The van der Waals surface area contributed by atoms with Crippen LogP contribution in [0.15, 0.2) is 48.5 Å². The van der Waals surface area contributed by atoms with Gasteiger partial charge in [0.05, 0.1) is 6.42 Å². The van der Waals surface area contributed by atoms with Gasteiger partial charge in [0.25, 0.3) is 5.91 Å². The number of carboxylic acids is 2. The van der Waals surface area contributed by atoms with E-state index in [1.807, 2.05) is 30.3 Å². The molecule has 0 fully saturated rings. The molecule has 0 atom stereocenters. The van der Waals surface area contributed by atoms with Crippen LogP contribution < -0.4 is 5.32 Å². The van der Waals surface area contributed by atoms with E-state index < -0.39 is 18.1 Å². The van der Waals surface area contributed by atoms with E-state index in [2.05, 4.69) is 5.32 Å². The highest BCUT2D eigenvalue weighted by atomic mass is 33.1. The van der Waals surface area contributed by atoms with Crippen molar-refractivity contribution in [1.29, 1.82) is 0 Å². The maximum absolute atomic E-state index is 12.2. The second-order valence-electron chi connectivity index (χ2n) is 5.94. The summed E-state index contributed by atoms with van der Waals surface area (Å²) in [6.07, 6.45) is -4.94. The van der Waals surface area contributed by atoms with E-state index in [-0.39, 0.29) is 18.1 Å². The monoisotopic (exact) mass is 491 g/mol. The van der Waals surface area contributed by atoms with E-state index in [1.54, 1.807) is 12.1 Å². The van der Waals surface area contributed by atoms with E-state index in [1.165, 1.54) is 27.7 Å². The maximum atomic E-state index is 12.2. The number of amides is 1. The van der Waals surface area contributed by atoms with Crippen molar-refractivity contribution in [1.82, 2.24) is 5.32 Å². The molecule has 0 spiro atoms. The molecule has 12 heteroatoms. The van der Waals surface area contributed by atoms with Gasteiger partial charge in [-0.05, 0) is 23.8 Å². The molecule has 0 radical (unpaired) electrons. The number of alkyl halides is 3. The summed E-state index contributed by atoms with van der Waals surface area (Å²) in [5.74, 6) is -2.39. The van der Waals surface area contributed by atoms with Crippen LogP contribution in [0.1, 0.15) is 16.8 Å². The number of phenols is 1. The topological polar surface area (TPSA) is 124 Å². The number of hydrogen-bond donors (Lipinski definition) is 4. The Morgan fingerprint density at radius 3 is 2.09 bits per heavy atom. The second kappa shape index (κ2) is 13.5. The third-order valence-corrected chi connectivity index (χ3v) is 5.95. The van der Waals surface area contributed by atoms with Crippen molar-refractivity contribution in [2.75, 3.05) is 18.1 Å². The fraction of sp³-hybridized carbons (Fsp3) is 0.250. The fourth-order valence-corrected chi connectivity index (χ4v) is 3.97. The van der Waals surface area contributed by atoms with Crippen molar-refractivity contribution in [3.63, 3.8) is 0 Å². The first-order chi connectivity index (χ1) is 15.0. The number of carboxylic acid groups (broad SMARTS) is 2. The molecule has 0 unspecified atom stereocenters. The quantitative estimate of drug-likeness (QED) is 0.303. The molecule has 2 rings (SSSR count). The second-order valence-corrected chi connectivity index (χ2v) is 8.65. The Hall–Kier alpha value is -2.86. The Morgan fingerprint density at radius 2 is 1.53 bits per heavy atom. The number of benzene rings is 2. The summed E-state index contributed by atoms with van der Waals surface area (Å²) in [7, 11) is 3.02. The summed E-state index contributed by atoms with van der Waals surface area (Å²) in [6.45, 7) is 0.491. The summed E-state index contributed by atoms with van der Waals surface area (Å²) in [5, 5.41) is 28.5. The number of aliphatic carboxylic acids is 2. The zero-order valence-corrected chi connectivity index (χ0v) is 18.1. The molecule has 0 bridgehead atoms. The lowest BCUT2D eigenvalue weighted by molar-refractivity contribution is -0.192. The molecule has 174 valence electrons. The van der Waals surface area contributed by atoms with Gasteiger partial charge in [-0.3, -0.25) is 9.59 Å². The smallest absolute Gasteiger partial charge is 0.490 e. The van der Waals surface area contributed by atoms with Gasteiger partial charge in [0.15, 0.2) is 0 Å². The lowest BCUT2D eigenvalue weighted by Crippen LogP contribution is -2.25. The van der Waals surface area contributed by atoms with Gasteiger partial charge >= 0.3 is 18.1 Å². The molecular formula is C20H20F3NO6S2. The van der Waals surface area contributed by atoms with Gasteiger partial charge in [-0.2, -0.15) is 13.2 Å². The summed E-state index contributed by atoms with van der Waals surface area (Å²) < 4.78 is 31.7. The minimum absolute atomic E-state index is 0.133. The predicted octanol–water partition coefficient (Wildman–Crippen LogP) is 4.28. The Balaban J connectivity index is 0.000000633. The number of rotatable bonds is 9. The number of aromatic hydroxyl groups is 1. The lowest BCUT2D eigenvalue weighted by Gasteiger charge is -2.09. The van der Waals surface area contributed by atoms with Crippen LogP contribution >= 0.6 is 21.6 Å². The average Bonchev–Trinajstić information content (AvgIpc) is 2.73. The molecule has 0 saturated carbocycles. The molecule has 2 aromatic carbocycles. The Kier molecular flexibility index (Phi) is 11.5. The van der Waals surface area contributed by atoms with Crippen LogP contribution in [0.25, 0.3) is 11.1 Å². The summed E-state index contributed by atoms with van der Waals surface area (Å²) in [5.41, 5.74) is 1.95. The van der Waals surface area contributed by atoms with Crippen molar-refractivity contribution >= 4 is 39.4 Å². The molecule has 0 aromatic heterocycles. The predicted molar refractivity (Wildman–Crippen MR) is 117 cm³/mol. The van der Waals surface area contributed by atoms with Crippen LogP contribution in [0.5, 0.6) is 5.75 Å². The zero-order chi connectivity index (χ0) is 24.1. The molecule has 32 heavy (non-hydrogen) atoms. The molecule has 2 aromatic rings. The van der Waals surface area contributed by atoms with Crippen molar-refractivity contribution < 1.29 is 42.9 Å². The van der Waals surface area contributed by atoms with Gasteiger partial charge in [-0.25, -0.2) is 4.79 Å². The molecule has 0 aliphatic heterocycles. The number of phenolic OH excluding ortho intramolecular Hbond substituents is 1. The van der Waals surface area contributed by atoms with Crippen molar-refractivity contribution in [2.24, 2.45) is 0 Å². The van der Waals surface area contributed by atoms with Gasteiger partial charge in [-0.1, -0.05) is 51.9 Å². The van der Waals surface area contributed by atoms with Crippen LogP contribution in [0.4, 0.5) is 13.2 Å². The first-order valence-corrected chi connectivity index (χ1v) is 11.4. The molecule has 0 heterocycles. The van der Waals surface area contributed by atoms with Crippen LogP contribution in [0.2, 0.25) is 0 Å². The number of carbonyl (C=O) groups excluding carboxylic acids is 1. The van der Waals surface area contributed by atoms with Crippen molar-refractivity contribution in [3.05, 3.63) is 54.1 Å². The van der Waals surface area contributed by atoms with Crippen LogP contribution in [0, 0.1) is 0 Å². The number of carbonyl (C=O) groups is 3. The highest BCUT2D eigenvalue weighted by molar-refractivity contribution is 8.76. The minimum atomic E-state index is -5.08. The third-order valence-electron chi connectivity index (χ3n) is 3.54. The molecule has 7 nitrogen and oxygen atoms in total. The van der Waals surface area contributed by atoms with E-state index in [9.17, 15) is 27.9 Å². The standard InChI is InChI=1S/C18H19NO4S2.C2HF3O2/c20-16-7-6-14(12-15(16)13-4-2-1-3-5-13)18(23)19-9-11-25-24-10-8-17(21)22;3-2(4,5)1(6)7/h1-7,12,20H,8-11H2,(H,19,23)(H,21,22);(H,6,7). The highest BCUT2D eigenvalue weighted by Crippen LogP contribution is 2.29. The normalized spacial score (nSPS) is 10.6. The average molecular weight is 492 g/mol. The zero-order valence-electron chi connectivity index (χ0n) is 16.5. The maximum Gasteiger partial charge on any atom is 0.490 e. The Morgan fingerprint density at radius 1 is 0.938 bits per heavy atom. The molecule has 0 aliphatic carbocycles. The SMILES string of the molecule is O=C(O)C(F)(F)F.O=C(O)CCSSCCNC(=O)c1ccc(O)c(-c2ccccc2)c1. The molecule has 4 N–H and O–H groups in total. The van der Waals surface area contributed by atoms with Crippen molar-refractivity contribution in [2.45, 2.75) is 12.6 Å². The Labute approximate surface area is 189 Å². The summed E-state index contributed by atoms with van der Waals surface area (Å²) in [4.78, 5) is 31.5. The summed E-state index contributed by atoms with van der Waals surface area (Å²) in [6, 6.07) is 14.2. The lowest BCUT2D eigenvalue weighted by atomic mass is 10.0. The van der Waals surface area contributed by atoms with Gasteiger partial charge in [-0.15, -0.1) is 0 Å². The molecule has 0 aliphatic rings.